The SMILES string of the molecule is CCCC1(n2cnc(C#N)n2)CO1. The van der Waals surface area contributed by atoms with Crippen LogP contribution in [0.1, 0.15) is 25.6 Å². The zero-order valence-electron chi connectivity index (χ0n) is 7.40. The lowest BCUT2D eigenvalue weighted by molar-refractivity contribution is 0.189. The summed E-state index contributed by atoms with van der Waals surface area (Å²) >= 11 is 0. The average molecular weight is 178 g/mol. The highest BCUT2D eigenvalue weighted by Gasteiger charge is 2.47. The van der Waals surface area contributed by atoms with Gasteiger partial charge in [-0.25, -0.2) is 9.67 Å². The van der Waals surface area contributed by atoms with Crippen molar-refractivity contribution in [3.05, 3.63) is 12.2 Å². The third-order valence-electron chi connectivity index (χ3n) is 2.13. The van der Waals surface area contributed by atoms with Gasteiger partial charge in [-0.1, -0.05) is 13.3 Å². The Kier molecular flexibility index (Phi) is 1.78. The molecule has 0 aromatic carbocycles. The number of nitriles is 1. The van der Waals surface area contributed by atoms with Crippen molar-refractivity contribution < 1.29 is 4.74 Å². The number of hydrogen-bond donors (Lipinski definition) is 0. The Hall–Kier alpha value is -1.41. The van der Waals surface area contributed by atoms with E-state index < -0.39 is 0 Å². The molecule has 1 aliphatic heterocycles. The third kappa shape index (κ3) is 1.29. The van der Waals surface area contributed by atoms with Gasteiger partial charge in [-0.05, 0) is 6.42 Å². The molecule has 2 heterocycles. The van der Waals surface area contributed by atoms with Crippen molar-refractivity contribution in [1.82, 2.24) is 14.8 Å². The summed E-state index contributed by atoms with van der Waals surface area (Å²) in [5.74, 6) is 0.200. The van der Waals surface area contributed by atoms with E-state index in [0.29, 0.717) is 6.61 Å². The summed E-state index contributed by atoms with van der Waals surface area (Å²) < 4.78 is 6.98. The predicted octanol–water partition coefficient (Wildman–Crippen LogP) is 0.633. The van der Waals surface area contributed by atoms with Crippen LogP contribution in [0.15, 0.2) is 6.33 Å². The van der Waals surface area contributed by atoms with Gasteiger partial charge in [0.2, 0.25) is 0 Å². The van der Waals surface area contributed by atoms with Crippen LogP contribution in [0.25, 0.3) is 0 Å². The van der Waals surface area contributed by atoms with Gasteiger partial charge in [0.25, 0.3) is 5.82 Å². The highest BCUT2D eigenvalue weighted by atomic mass is 16.6. The van der Waals surface area contributed by atoms with Gasteiger partial charge in [-0.3, -0.25) is 0 Å². The summed E-state index contributed by atoms with van der Waals surface area (Å²) in [5.41, 5.74) is -0.295. The summed E-state index contributed by atoms with van der Waals surface area (Å²) in [4.78, 5) is 3.83. The van der Waals surface area contributed by atoms with Crippen LogP contribution in [0.4, 0.5) is 0 Å². The van der Waals surface area contributed by atoms with Crippen LogP contribution < -0.4 is 0 Å². The largest absolute Gasteiger partial charge is 0.346 e. The van der Waals surface area contributed by atoms with Crippen LogP contribution in [0, 0.1) is 11.3 Å². The molecule has 1 atom stereocenters. The van der Waals surface area contributed by atoms with Gasteiger partial charge in [0.05, 0.1) is 6.61 Å². The van der Waals surface area contributed by atoms with Gasteiger partial charge >= 0.3 is 0 Å². The standard InChI is InChI=1S/C8H10N4O/c1-2-3-8(5-13-8)12-6-10-7(4-9)11-12/h6H,2-3,5H2,1H3. The number of aromatic nitrogens is 3. The Morgan fingerprint density at radius 1 is 1.85 bits per heavy atom. The van der Waals surface area contributed by atoms with Gasteiger partial charge in [0.1, 0.15) is 12.4 Å². The van der Waals surface area contributed by atoms with Crippen LogP contribution in [-0.4, -0.2) is 21.4 Å². The van der Waals surface area contributed by atoms with E-state index in [4.69, 9.17) is 10.00 Å². The minimum absolute atomic E-state index is 0.200. The number of hydrogen-bond acceptors (Lipinski definition) is 4. The molecule has 0 aliphatic carbocycles. The van der Waals surface area contributed by atoms with Crippen molar-refractivity contribution in [2.75, 3.05) is 6.61 Å². The molecule has 68 valence electrons. The lowest BCUT2D eigenvalue weighted by Gasteiger charge is -2.08. The molecule has 0 N–H and O–H groups in total. The highest BCUT2D eigenvalue weighted by molar-refractivity contribution is 5.06. The van der Waals surface area contributed by atoms with Gasteiger partial charge in [-0.15, -0.1) is 5.10 Å². The molecule has 13 heavy (non-hydrogen) atoms. The molecule has 0 saturated carbocycles. The fourth-order valence-electron chi connectivity index (χ4n) is 1.38. The van der Waals surface area contributed by atoms with E-state index in [2.05, 4.69) is 17.0 Å². The number of nitrogens with zero attached hydrogens (tertiary/aromatic N) is 4. The zero-order chi connectivity index (χ0) is 9.31. The molecule has 1 aliphatic rings. The first-order chi connectivity index (χ1) is 6.30. The topological polar surface area (TPSA) is 67.0 Å². The first-order valence-corrected chi connectivity index (χ1v) is 4.27. The highest BCUT2D eigenvalue weighted by Crippen LogP contribution is 2.36. The van der Waals surface area contributed by atoms with E-state index in [0.717, 1.165) is 12.8 Å². The van der Waals surface area contributed by atoms with E-state index in [1.807, 2.05) is 6.07 Å². The summed E-state index contributed by atoms with van der Waals surface area (Å²) in [5, 5.41) is 12.5. The maximum Gasteiger partial charge on any atom is 0.252 e. The average Bonchev–Trinajstić information content (AvgIpc) is 2.78. The quantitative estimate of drug-likeness (QED) is 0.637. The summed E-state index contributed by atoms with van der Waals surface area (Å²) in [6.45, 7) is 2.76. The molecule has 0 amide bonds. The second kappa shape index (κ2) is 2.82. The predicted molar refractivity (Wildman–Crippen MR) is 43.6 cm³/mol. The van der Waals surface area contributed by atoms with E-state index >= 15 is 0 Å². The summed E-state index contributed by atoms with van der Waals surface area (Å²) in [6, 6.07) is 1.89. The molecule has 5 nitrogen and oxygen atoms in total. The van der Waals surface area contributed by atoms with Crippen molar-refractivity contribution in [3.8, 4) is 6.07 Å². The molecule has 1 saturated heterocycles. The fraction of sp³-hybridized carbons (Fsp3) is 0.625. The molecule has 1 aromatic rings. The molecule has 1 fully saturated rings. The molecular formula is C8H10N4O. The minimum atomic E-state index is -0.295. The Morgan fingerprint density at radius 3 is 3.08 bits per heavy atom. The maximum absolute atomic E-state index is 8.54. The molecule has 0 radical (unpaired) electrons. The normalized spacial score (nSPS) is 25.5. The van der Waals surface area contributed by atoms with E-state index in [-0.39, 0.29) is 11.5 Å². The van der Waals surface area contributed by atoms with Crippen LogP contribution in [0.5, 0.6) is 0 Å². The molecule has 0 spiro atoms. The molecule has 1 aromatic heterocycles. The second-order valence-corrected chi connectivity index (χ2v) is 3.11. The van der Waals surface area contributed by atoms with Gasteiger partial charge in [-0.2, -0.15) is 5.26 Å². The molecule has 5 heteroatoms. The van der Waals surface area contributed by atoms with Crippen molar-refractivity contribution in [3.63, 3.8) is 0 Å². The van der Waals surface area contributed by atoms with Crippen LogP contribution in [-0.2, 0) is 10.5 Å². The zero-order valence-corrected chi connectivity index (χ0v) is 7.40. The second-order valence-electron chi connectivity index (χ2n) is 3.11. The van der Waals surface area contributed by atoms with E-state index in [1.54, 1.807) is 11.0 Å². The Morgan fingerprint density at radius 2 is 2.62 bits per heavy atom. The van der Waals surface area contributed by atoms with Crippen molar-refractivity contribution >= 4 is 0 Å². The van der Waals surface area contributed by atoms with Crippen molar-refractivity contribution in [2.45, 2.75) is 25.5 Å². The van der Waals surface area contributed by atoms with Gasteiger partial charge in [0.15, 0.2) is 5.72 Å². The summed E-state index contributed by atoms with van der Waals surface area (Å²) in [6.07, 6.45) is 3.50. The summed E-state index contributed by atoms with van der Waals surface area (Å²) in [7, 11) is 0. The molecule has 1 unspecified atom stereocenters. The Labute approximate surface area is 75.9 Å². The van der Waals surface area contributed by atoms with Crippen molar-refractivity contribution in [1.29, 1.82) is 5.26 Å². The minimum Gasteiger partial charge on any atom is -0.346 e. The van der Waals surface area contributed by atoms with Crippen LogP contribution in [0.2, 0.25) is 0 Å². The van der Waals surface area contributed by atoms with Gasteiger partial charge < -0.3 is 4.74 Å². The molecule has 2 rings (SSSR count). The monoisotopic (exact) mass is 178 g/mol. The van der Waals surface area contributed by atoms with Crippen LogP contribution in [0.3, 0.4) is 0 Å². The van der Waals surface area contributed by atoms with E-state index in [9.17, 15) is 0 Å². The van der Waals surface area contributed by atoms with Gasteiger partial charge in [0, 0.05) is 0 Å². The first-order valence-electron chi connectivity index (χ1n) is 4.27. The Balaban J connectivity index is 2.21. The Bertz CT molecular complexity index is 347. The number of rotatable bonds is 3. The van der Waals surface area contributed by atoms with Crippen LogP contribution >= 0.6 is 0 Å². The van der Waals surface area contributed by atoms with E-state index in [1.165, 1.54) is 0 Å². The first kappa shape index (κ1) is 8.20. The lowest BCUT2D eigenvalue weighted by Crippen LogP contribution is -2.19. The smallest absolute Gasteiger partial charge is 0.252 e. The third-order valence-corrected chi connectivity index (χ3v) is 2.13. The molecular weight excluding hydrogens is 168 g/mol. The molecule has 0 bridgehead atoms. The van der Waals surface area contributed by atoms with Crippen molar-refractivity contribution in [2.24, 2.45) is 0 Å². The fourth-order valence-corrected chi connectivity index (χ4v) is 1.38. The number of epoxide rings is 1. The lowest BCUT2D eigenvalue weighted by atomic mass is 10.2. The maximum atomic E-state index is 8.54. The number of ether oxygens (including phenoxy) is 1.